The van der Waals surface area contributed by atoms with Gasteiger partial charge < -0.3 is 0 Å². The Morgan fingerprint density at radius 2 is 1.48 bits per heavy atom. The fourth-order valence-electron chi connectivity index (χ4n) is 3.64. The maximum Gasteiger partial charge on any atom is 0.0406 e. The second kappa shape index (κ2) is 8.54. The molecule has 0 aliphatic carbocycles. The molecule has 0 fully saturated rings. The Labute approximate surface area is 156 Å². The summed E-state index contributed by atoms with van der Waals surface area (Å²) in [4.78, 5) is 0. The summed E-state index contributed by atoms with van der Waals surface area (Å²) in [6.45, 7) is 4.53. The first kappa shape index (κ1) is 18.0. The molecule has 0 atom stereocenters. The summed E-state index contributed by atoms with van der Waals surface area (Å²) in [5.74, 6) is 0. The van der Waals surface area contributed by atoms with Gasteiger partial charge in [0.05, 0.1) is 0 Å². The van der Waals surface area contributed by atoms with Crippen molar-refractivity contribution in [1.82, 2.24) is 0 Å². The van der Waals surface area contributed by atoms with Crippen LogP contribution in [0.15, 0.2) is 54.6 Å². The average Bonchev–Trinajstić information content (AvgIpc) is 2.65. The predicted molar refractivity (Wildman–Crippen MR) is 112 cm³/mol. The highest BCUT2D eigenvalue weighted by molar-refractivity contribution is 6.30. The molecular formula is C24H27Cl. The number of unbranched alkanes of at least 4 members (excludes halogenated alkanes) is 2. The van der Waals surface area contributed by atoms with E-state index in [-0.39, 0.29) is 0 Å². The van der Waals surface area contributed by atoms with Gasteiger partial charge >= 0.3 is 0 Å². The summed E-state index contributed by atoms with van der Waals surface area (Å²) < 4.78 is 0. The van der Waals surface area contributed by atoms with Gasteiger partial charge in [-0.1, -0.05) is 80.8 Å². The van der Waals surface area contributed by atoms with Gasteiger partial charge in [0.25, 0.3) is 0 Å². The van der Waals surface area contributed by atoms with Crippen molar-refractivity contribution in [3.8, 4) is 11.1 Å². The molecule has 0 saturated heterocycles. The van der Waals surface area contributed by atoms with Gasteiger partial charge in [0.15, 0.2) is 0 Å². The molecule has 0 heterocycles. The van der Waals surface area contributed by atoms with Crippen molar-refractivity contribution in [2.45, 2.75) is 52.4 Å². The zero-order valence-corrected chi connectivity index (χ0v) is 16.1. The largest absolute Gasteiger partial charge is 0.0843 e. The Morgan fingerprint density at radius 1 is 0.800 bits per heavy atom. The third-order valence-electron chi connectivity index (χ3n) is 4.95. The standard InChI is InChI=1S/C24H27Cl/c1-3-5-9-20-17-19-10-7-8-12-22(19)23(11-6-4-2)24(20)18-13-15-21(25)16-14-18/h7-8,10,12-17H,3-6,9,11H2,1-2H3. The fourth-order valence-corrected chi connectivity index (χ4v) is 3.77. The van der Waals surface area contributed by atoms with Crippen molar-refractivity contribution in [3.05, 3.63) is 70.7 Å². The molecule has 0 saturated carbocycles. The van der Waals surface area contributed by atoms with Gasteiger partial charge in [0, 0.05) is 5.02 Å². The second-order valence-corrected chi connectivity index (χ2v) is 7.26. The molecule has 3 rings (SSSR count). The quantitative estimate of drug-likeness (QED) is 0.407. The molecule has 3 aromatic rings. The van der Waals surface area contributed by atoms with Crippen LogP contribution in [0.3, 0.4) is 0 Å². The maximum absolute atomic E-state index is 6.14. The van der Waals surface area contributed by atoms with Gasteiger partial charge in [-0.15, -0.1) is 0 Å². The normalized spacial score (nSPS) is 11.2. The van der Waals surface area contributed by atoms with Crippen LogP contribution in [0, 0.1) is 0 Å². The number of rotatable bonds is 7. The lowest BCUT2D eigenvalue weighted by Gasteiger charge is -2.19. The molecule has 0 bridgehead atoms. The van der Waals surface area contributed by atoms with Crippen LogP contribution in [0.2, 0.25) is 5.02 Å². The lowest BCUT2D eigenvalue weighted by molar-refractivity contribution is 0.786. The highest BCUT2D eigenvalue weighted by Crippen LogP contribution is 2.36. The smallest absolute Gasteiger partial charge is 0.0406 e. The van der Waals surface area contributed by atoms with Gasteiger partial charge in [-0.2, -0.15) is 0 Å². The number of hydrogen-bond donors (Lipinski definition) is 0. The van der Waals surface area contributed by atoms with Crippen molar-refractivity contribution < 1.29 is 0 Å². The molecule has 3 aromatic carbocycles. The van der Waals surface area contributed by atoms with Gasteiger partial charge in [0.1, 0.15) is 0 Å². The van der Waals surface area contributed by atoms with E-state index in [0.29, 0.717) is 0 Å². The van der Waals surface area contributed by atoms with E-state index >= 15 is 0 Å². The van der Waals surface area contributed by atoms with Crippen LogP contribution in [0.1, 0.15) is 50.7 Å². The lowest BCUT2D eigenvalue weighted by Crippen LogP contribution is -1.99. The van der Waals surface area contributed by atoms with Crippen LogP contribution >= 0.6 is 11.6 Å². The van der Waals surface area contributed by atoms with Crippen molar-refractivity contribution in [1.29, 1.82) is 0 Å². The molecule has 0 spiro atoms. The van der Waals surface area contributed by atoms with E-state index in [9.17, 15) is 0 Å². The third-order valence-corrected chi connectivity index (χ3v) is 5.20. The first-order valence-electron chi connectivity index (χ1n) is 9.54. The third kappa shape index (κ3) is 4.07. The number of fused-ring (bicyclic) bond motifs is 1. The SMILES string of the molecule is CCCCc1cc2ccccc2c(CCCC)c1-c1ccc(Cl)cc1. The maximum atomic E-state index is 6.14. The first-order valence-corrected chi connectivity index (χ1v) is 9.91. The average molecular weight is 351 g/mol. The fraction of sp³-hybridized carbons (Fsp3) is 0.333. The molecule has 0 aliphatic rings. The zero-order valence-electron chi connectivity index (χ0n) is 15.3. The molecule has 25 heavy (non-hydrogen) atoms. The topological polar surface area (TPSA) is 0 Å². The predicted octanol–water partition coefficient (Wildman–Crippen LogP) is 7.85. The Hall–Kier alpha value is -1.79. The van der Waals surface area contributed by atoms with E-state index in [1.807, 2.05) is 12.1 Å². The van der Waals surface area contributed by atoms with Gasteiger partial charge in [-0.25, -0.2) is 0 Å². The van der Waals surface area contributed by atoms with Crippen LogP contribution in [0.5, 0.6) is 0 Å². The molecule has 1 heteroatoms. The van der Waals surface area contributed by atoms with Crippen LogP contribution in [-0.4, -0.2) is 0 Å². The second-order valence-electron chi connectivity index (χ2n) is 6.82. The summed E-state index contributed by atoms with van der Waals surface area (Å²) in [6, 6.07) is 19.6. The van der Waals surface area contributed by atoms with Crippen molar-refractivity contribution >= 4 is 22.4 Å². The van der Waals surface area contributed by atoms with Crippen molar-refractivity contribution in [2.75, 3.05) is 0 Å². The summed E-state index contributed by atoms with van der Waals surface area (Å²) >= 11 is 6.14. The van der Waals surface area contributed by atoms with E-state index < -0.39 is 0 Å². The summed E-state index contributed by atoms with van der Waals surface area (Å²) in [5.41, 5.74) is 5.73. The van der Waals surface area contributed by atoms with E-state index in [2.05, 4.69) is 56.3 Å². The van der Waals surface area contributed by atoms with Crippen molar-refractivity contribution in [2.24, 2.45) is 0 Å². The highest BCUT2D eigenvalue weighted by atomic mass is 35.5. The Bertz CT molecular complexity index is 831. The molecule has 0 N–H and O–H groups in total. The minimum atomic E-state index is 0.801. The molecule has 130 valence electrons. The van der Waals surface area contributed by atoms with E-state index in [4.69, 9.17) is 11.6 Å². The molecule has 0 aromatic heterocycles. The van der Waals surface area contributed by atoms with Crippen LogP contribution < -0.4 is 0 Å². The summed E-state index contributed by atoms with van der Waals surface area (Å²) in [7, 11) is 0. The molecule has 0 radical (unpaired) electrons. The minimum absolute atomic E-state index is 0.801. The molecule has 0 amide bonds. The molecular weight excluding hydrogens is 324 g/mol. The summed E-state index contributed by atoms with van der Waals surface area (Å²) in [6.07, 6.45) is 7.16. The Balaban J connectivity index is 2.25. The summed E-state index contributed by atoms with van der Waals surface area (Å²) in [5, 5.41) is 3.58. The van der Waals surface area contributed by atoms with E-state index in [0.717, 1.165) is 17.9 Å². The monoisotopic (exact) mass is 350 g/mol. The highest BCUT2D eigenvalue weighted by Gasteiger charge is 2.14. The molecule has 0 aliphatic heterocycles. The first-order chi connectivity index (χ1) is 12.2. The van der Waals surface area contributed by atoms with E-state index in [1.165, 1.54) is 58.7 Å². The van der Waals surface area contributed by atoms with Crippen LogP contribution in [-0.2, 0) is 12.8 Å². The number of halogens is 1. The molecule has 0 nitrogen and oxygen atoms in total. The minimum Gasteiger partial charge on any atom is -0.0843 e. The lowest BCUT2D eigenvalue weighted by atomic mass is 9.86. The Kier molecular flexibility index (Phi) is 6.15. The molecule has 0 unspecified atom stereocenters. The number of aryl methyl sites for hydroxylation is 2. The number of benzene rings is 3. The zero-order chi connectivity index (χ0) is 17.6. The Morgan fingerprint density at radius 3 is 2.20 bits per heavy atom. The number of hydrogen-bond acceptors (Lipinski definition) is 0. The van der Waals surface area contributed by atoms with Crippen LogP contribution in [0.25, 0.3) is 21.9 Å². The van der Waals surface area contributed by atoms with Gasteiger partial charge in [-0.3, -0.25) is 0 Å². The van der Waals surface area contributed by atoms with Crippen molar-refractivity contribution in [3.63, 3.8) is 0 Å². The van der Waals surface area contributed by atoms with Gasteiger partial charge in [-0.05, 0) is 70.8 Å². The van der Waals surface area contributed by atoms with E-state index in [1.54, 1.807) is 0 Å². The van der Waals surface area contributed by atoms with Crippen LogP contribution in [0.4, 0.5) is 0 Å². The van der Waals surface area contributed by atoms with Gasteiger partial charge in [0.2, 0.25) is 0 Å².